The fourth-order valence-electron chi connectivity index (χ4n) is 5.07. The van der Waals surface area contributed by atoms with Gasteiger partial charge in [-0.25, -0.2) is 4.79 Å². The van der Waals surface area contributed by atoms with Gasteiger partial charge in [0.1, 0.15) is 12.1 Å². The summed E-state index contributed by atoms with van der Waals surface area (Å²) in [6.45, 7) is 6.91. The van der Waals surface area contributed by atoms with E-state index in [2.05, 4.69) is 16.0 Å². The predicted octanol–water partition coefficient (Wildman–Crippen LogP) is 0.0431. The van der Waals surface area contributed by atoms with Crippen LogP contribution in [0.3, 0.4) is 0 Å². The molecular formula is C26H42N6O6. The van der Waals surface area contributed by atoms with Crippen molar-refractivity contribution in [2.24, 2.45) is 17.1 Å². The van der Waals surface area contributed by atoms with E-state index in [0.29, 0.717) is 38.9 Å². The second-order valence-electron chi connectivity index (χ2n) is 11.7. The second kappa shape index (κ2) is 12.6. The molecule has 0 radical (unpaired) electrons. The molecule has 2 heterocycles. The van der Waals surface area contributed by atoms with Gasteiger partial charge in [0.05, 0.1) is 12.6 Å². The Bertz CT molecular complexity index is 937. The highest BCUT2D eigenvalue weighted by Crippen LogP contribution is 2.34. The van der Waals surface area contributed by atoms with Crippen molar-refractivity contribution in [3.63, 3.8) is 0 Å². The van der Waals surface area contributed by atoms with E-state index in [1.54, 1.807) is 25.7 Å². The first kappa shape index (κ1) is 29.4. The van der Waals surface area contributed by atoms with Gasteiger partial charge in [-0.2, -0.15) is 0 Å². The number of nitrogens with one attached hydrogen (secondary N) is 3. The van der Waals surface area contributed by atoms with Crippen molar-refractivity contribution in [3.05, 3.63) is 0 Å². The standard InChI is InChI=1S/C26H42N6O6/c1-26(2,3)21(30-25(38)28-15-19(33)31-11-5-4-6-12-31)24(37)32-13-7-8-18(32)23(36)29-17(14-16-9-10-16)20(34)22(27)35/h16-18,21H,4-15H2,1-3H3,(H2,27,35)(H,29,36)(H2,28,30,38)/t17?,18-,21?/m0/s1. The zero-order valence-corrected chi connectivity index (χ0v) is 22.7. The van der Waals surface area contributed by atoms with E-state index in [1.165, 1.54) is 4.90 Å². The Kier molecular flexibility index (Phi) is 9.72. The molecule has 12 heteroatoms. The van der Waals surface area contributed by atoms with Crippen molar-refractivity contribution in [2.75, 3.05) is 26.2 Å². The van der Waals surface area contributed by atoms with Gasteiger partial charge in [-0.3, -0.25) is 24.0 Å². The minimum absolute atomic E-state index is 0.165. The molecule has 5 N–H and O–H groups in total. The van der Waals surface area contributed by atoms with E-state index in [0.717, 1.165) is 32.1 Å². The van der Waals surface area contributed by atoms with Crippen molar-refractivity contribution in [3.8, 4) is 0 Å². The van der Waals surface area contributed by atoms with Gasteiger partial charge in [0.15, 0.2) is 0 Å². The van der Waals surface area contributed by atoms with Gasteiger partial charge in [0.25, 0.3) is 5.91 Å². The fraction of sp³-hybridized carbons (Fsp3) is 0.769. The summed E-state index contributed by atoms with van der Waals surface area (Å²) in [6, 6.07) is -3.44. The van der Waals surface area contributed by atoms with Crippen molar-refractivity contribution in [1.82, 2.24) is 25.8 Å². The molecule has 2 aliphatic heterocycles. The minimum Gasteiger partial charge on any atom is -0.363 e. The van der Waals surface area contributed by atoms with Gasteiger partial charge in [-0.15, -0.1) is 0 Å². The molecule has 0 aromatic rings. The molecule has 0 aromatic heterocycles. The largest absolute Gasteiger partial charge is 0.363 e. The summed E-state index contributed by atoms with van der Waals surface area (Å²) < 4.78 is 0. The van der Waals surface area contributed by atoms with E-state index < -0.39 is 53.1 Å². The number of hydrogen-bond acceptors (Lipinski definition) is 6. The molecule has 12 nitrogen and oxygen atoms in total. The molecule has 0 spiro atoms. The van der Waals surface area contributed by atoms with Gasteiger partial charge >= 0.3 is 6.03 Å². The maximum Gasteiger partial charge on any atom is 0.315 e. The predicted molar refractivity (Wildman–Crippen MR) is 138 cm³/mol. The van der Waals surface area contributed by atoms with Crippen LogP contribution in [0.4, 0.5) is 4.79 Å². The molecule has 1 saturated carbocycles. The Labute approximate surface area is 223 Å². The molecule has 212 valence electrons. The third-order valence-electron chi connectivity index (χ3n) is 7.48. The summed E-state index contributed by atoms with van der Waals surface area (Å²) in [6.07, 6.45) is 6.15. The zero-order valence-electron chi connectivity index (χ0n) is 22.7. The molecule has 2 saturated heterocycles. The Morgan fingerprint density at radius 3 is 2.13 bits per heavy atom. The highest BCUT2D eigenvalue weighted by molar-refractivity contribution is 6.37. The number of primary amides is 1. The third kappa shape index (κ3) is 7.91. The summed E-state index contributed by atoms with van der Waals surface area (Å²) in [5.41, 5.74) is 4.49. The molecular weight excluding hydrogens is 492 g/mol. The van der Waals surface area contributed by atoms with E-state index in [-0.39, 0.29) is 18.4 Å². The van der Waals surface area contributed by atoms with Gasteiger partial charge in [-0.1, -0.05) is 33.6 Å². The number of urea groups is 1. The van der Waals surface area contributed by atoms with Crippen LogP contribution in [0.15, 0.2) is 0 Å². The molecule has 3 atom stereocenters. The number of nitrogens with zero attached hydrogens (tertiary/aromatic N) is 2. The van der Waals surface area contributed by atoms with Gasteiger partial charge in [0.2, 0.25) is 23.5 Å². The van der Waals surface area contributed by atoms with Crippen LogP contribution in [0.5, 0.6) is 0 Å². The summed E-state index contributed by atoms with van der Waals surface area (Å²) >= 11 is 0. The Morgan fingerprint density at radius 1 is 0.895 bits per heavy atom. The van der Waals surface area contributed by atoms with E-state index >= 15 is 0 Å². The number of ketones is 1. The van der Waals surface area contributed by atoms with E-state index in [4.69, 9.17) is 5.73 Å². The average Bonchev–Trinajstić information content (AvgIpc) is 3.55. The molecule has 1 aliphatic carbocycles. The van der Waals surface area contributed by atoms with E-state index in [9.17, 15) is 28.8 Å². The Balaban J connectivity index is 1.62. The molecule has 3 aliphatic rings. The van der Waals surface area contributed by atoms with Crippen molar-refractivity contribution in [2.45, 2.75) is 90.3 Å². The lowest BCUT2D eigenvalue weighted by molar-refractivity contribution is -0.143. The number of carbonyl (C=O) groups is 6. The van der Waals surface area contributed by atoms with Gasteiger partial charge in [0, 0.05) is 19.6 Å². The lowest BCUT2D eigenvalue weighted by Crippen LogP contribution is -2.60. The lowest BCUT2D eigenvalue weighted by Gasteiger charge is -2.35. The quantitative estimate of drug-likeness (QED) is 0.288. The Morgan fingerprint density at radius 2 is 1.55 bits per heavy atom. The maximum atomic E-state index is 13.6. The zero-order chi connectivity index (χ0) is 28.0. The van der Waals surface area contributed by atoms with Crippen LogP contribution in [-0.2, 0) is 24.0 Å². The summed E-state index contributed by atoms with van der Waals surface area (Å²) in [7, 11) is 0. The topological polar surface area (TPSA) is 171 Å². The highest BCUT2D eigenvalue weighted by Gasteiger charge is 2.43. The second-order valence-corrected chi connectivity index (χ2v) is 11.7. The number of amides is 6. The minimum atomic E-state index is -1.10. The average molecular weight is 535 g/mol. The maximum absolute atomic E-state index is 13.6. The number of likely N-dealkylation sites (tertiary alicyclic amines) is 2. The van der Waals surface area contributed by atoms with Gasteiger partial charge < -0.3 is 31.5 Å². The summed E-state index contributed by atoms with van der Waals surface area (Å²) in [5, 5.41) is 7.92. The first-order valence-corrected chi connectivity index (χ1v) is 13.6. The van der Waals surface area contributed by atoms with Crippen LogP contribution in [0.2, 0.25) is 0 Å². The van der Waals surface area contributed by atoms with Crippen LogP contribution in [0.1, 0.15) is 72.1 Å². The Hall–Kier alpha value is -3.18. The van der Waals surface area contributed by atoms with Crippen molar-refractivity contribution in [1.29, 1.82) is 0 Å². The first-order chi connectivity index (χ1) is 17.9. The third-order valence-corrected chi connectivity index (χ3v) is 7.48. The van der Waals surface area contributed by atoms with Crippen molar-refractivity contribution < 1.29 is 28.8 Å². The van der Waals surface area contributed by atoms with Crippen molar-refractivity contribution >= 4 is 35.4 Å². The van der Waals surface area contributed by atoms with Crippen LogP contribution in [0, 0.1) is 11.3 Å². The SMILES string of the molecule is CC(C)(C)C(NC(=O)NCC(=O)N1CCCCC1)C(=O)N1CCC[C@H]1C(=O)NC(CC1CC1)C(=O)C(N)=O. The van der Waals surface area contributed by atoms with E-state index in [1.807, 2.05) is 0 Å². The lowest BCUT2D eigenvalue weighted by atomic mass is 9.85. The molecule has 2 unspecified atom stereocenters. The number of hydrogen-bond donors (Lipinski definition) is 4. The smallest absolute Gasteiger partial charge is 0.315 e. The van der Waals surface area contributed by atoms with Crippen LogP contribution < -0.4 is 21.7 Å². The number of Topliss-reactive ketones (excluding diaryl/α,β-unsaturated/α-hetero) is 1. The fourth-order valence-corrected chi connectivity index (χ4v) is 5.07. The normalized spacial score (nSPS) is 21.3. The molecule has 0 aromatic carbocycles. The number of nitrogens with two attached hydrogens (primary N) is 1. The molecule has 3 fully saturated rings. The van der Waals surface area contributed by atoms with Gasteiger partial charge in [-0.05, 0) is 49.9 Å². The molecule has 38 heavy (non-hydrogen) atoms. The molecule has 3 rings (SSSR count). The van der Waals surface area contributed by atoms with Crippen LogP contribution in [0.25, 0.3) is 0 Å². The summed E-state index contributed by atoms with van der Waals surface area (Å²) in [5.74, 6) is -2.78. The van der Waals surface area contributed by atoms with Crippen LogP contribution >= 0.6 is 0 Å². The number of carbonyl (C=O) groups excluding carboxylic acids is 6. The molecule has 6 amide bonds. The monoisotopic (exact) mass is 534 g/mol. The number of piperidine rings is 1. The highest BCUT2D eigenvalue weighted by atomic mass is 16.2. The number of rotatable bonds is 10. The summed E-state index contributed by atoms with van der Waals surface area (Å²) in [4.78, 5) is 78.8. The van der Waals surface area contributed by atoms with Crippen LogP contribution in [-0.4, -0.2) is 89.5 Å². The molecule has 0 bridgehead atoms. The first-order valence-electron chi connectivity index (χ1n) is 13.6.